The highest BCUT2D eigenvalue weighted by atomic mass is 16.7. The van der Waals surface area contributed by atoms with E-state index in [0.717, 1.165) is 23.2 Å². The van der Waals surface area contributed by atoms with Crippen molar-refractivity contribution >= 4 is 6.08 Å². The summed E-state index contributed by atoms with van der Waals surface area (Å²) < 4.78 is 11.0. The van der Waals surface area contributed by atoms with E-state index in [2.05, 4.69) is 4.90 Å². The molecule has 2 aromatic rings. The number of nitrogens with zero attached hydrogens (tertiary/aromatic N) is 1. The van der Waals surface area contributed by atoms with E-state index in [-0.39, 0.29) is 6.79 Å². The third-order valence-electron chi connectivity index (χ3n) is 3.72. The zero-order valence-electron chi connectivity index (χ0n) is 13.4. The predicted octanol–water partition coefficient (Wildman–Crippen LogP) is 3.22. The first-order valence-corrected chi connectivity index (χ1v) is 7.62. The lowest BCUT2D eigenvalue weighted by Crippen LogP contribution is -2.13. The van der Waals surface area contributed by atoms with Crippen molar-refractivity contribution in [3.63, 3.8) is 0 Å². The first-order valence-electron chi connectivity index (χ1n) is 7.62. The first-order chi connectivity index (χ1) is 11.1. The SMILES string of the molecule is CN(C)Cc1ccc2c(c1C(O)/C=C/c1ccccc1)OCO2. The van der Waals surface area contributed by atoms with Crippen molar-refractivity contribution in [3.05, 3.63) is 65.2 Å². The van der Waals surface area contributed by atoms with Crippen LogP contribution in [0.15, 0.2) is 48.5 Å². The minimum atomic E-state index is -0.748. The summed E-state index contributed by atoms with van der Waals surface area (Å²) in [5.74, 6) is 1.34. The van der Waals surface area contributed by atoms with Crippen molar-refractivity contribution in [1.29, 1.82) is 0 Å². The van der Waals surface area contributed by atoms with Crippen molar-refractivity contribution in [2.24, 2.45) is 0 Å². The van der Waals surface area contributed by atoms with E-state index in [1.165, 1.54) is 0 Å². The van der Waals surface area contributed by atoms with Crippen LogP contribution in [0.25, 0.3) is 6.08 Å². The lowest BCUT2D eigenvalue weighted by atomic mass is 9.99. The molecule has 0 bridgehead atoms. The normalized spacial score (nSPS) is 14.6. The van der Waals surface area contributed by atoms with Crippen LogP contribution in [0.3, 0.4) is 0 Å². The Kier molecular flexibility index (Phi) is 4.65. The number of aliphatic hydroxyl groups excluding tert-OH is 1. The van der Waals surface area contributed by atoms with E-state index in [0.29, 0.717) is 11.5 Å². The molecule has 0 saturated heterocycles. The molecular formula is C19H21NO3. The van der Waals surface area contributed by atoms with Gasteiger partial charge < -0.3 is 19.5 Å². The Balaban J connectivity index is 1.93. The zero-order valence-corrected chi connectivity index (χ0v) is 13.4. The topological polar surface area (TPSA) is 41.9 Å². The van der Waals surface area contributed by atoms with E-state index in [4.69, 9.17) is 9.47 Å². The number of rotatable bonds is 5. The van der Waals surface area contributed by atoms with Gasteiger partial charge in [0.25, 0.3) is 0 Å². The molecule has 120 valence electrons. The molecule has 4 nitrogen and oxygen atoms in total. The van der Waals surface area contributed by atoms with Crippen LogP contribution in [0.5, 0.6) is 11.5 Å². The molecular weight excluding hydrogens is 290 g/mol. The summed E-state index contributed by atoms with van der Waals surface area (Å²) in [7, 11) is 4.00. The zero-order chi connectivity index (χ0) is 16.2. The summed E-state index contributed by atoms with van der Waals surface area (Å²) in [5.41, 5.74) is 2.86. The van der Waals surface area contributed by atoms with Gasteiger partial charge in [-0.3, -0.25) is 0 Å². The molecule has 4 heteroatoms. The van der Waals surface area contributed by atoms with Crippen LogP contribution >= 0.6 is 0 Å². The van der Waals surface area contributed by atoms with Crippen molar-refractivity contribution in [3.8, 4) is 11.5 Å². The van der Waals surface area contributed by atoms with Crippen LogP contribution < -0.4 is 9.47 Å². The molecule has 1 heterocycles. The average molecular weight is 311 g/mol. The fraction of sp³-hybridized carbons (Fsp3) is 0.263. The van der Waals surface area contributed by atoms with Crippen LogP contribution in [-0.4, -0.2) is 30.9 Å². The molecule has 1 N–H and O–H groups in total. The maximum atomic E-state index is 10.7. The first kappa shape index (κ1) is 15.6. The maximum Gasteiger partial charge on any atom is 0.231 e. The van der Waals surface area contributed by atoms with Crippen molar-refractivity contribution < 1.29 is 14.6 Å². The molecule has 1 atom stereocenters. The number of benzene rings is 2. The quantitative estimate of drug-likeness (QED) is 0.920. The third-order valence-corrected chi connectivity index (χ3v) is 3.72. The van der Waals surface area contributed by atoms with Crippen molar-refractivity contribution in [2.45, 2.75) is 12.6 Å². The van der Waals surface area contributed by atoms with Crippen molar-refractivity contribution in [2.75, 3.05) is 20.9 Å². The minimum Gasteiger partial charge on any atom is -0.454 e. The van der Waals surface area contributed by atoms with E-state index >= 15 is 0 Å². The lowest BCUT2D eigenvalue weighted by Gasteiger charge is -2.18. The second-order valence-corrected chi connectivity index (χ2v) is 5.82. The second-order valence-electron chi connectivity index (χ2n) is 5.82. The molecule has 0 saturated carbocycles. The number of hydrogen-bond donors (Lipinski definition) is 1. The number of hydrogen-bond acceptors (Lipinski definition) is 4. The maximum absolute atomic E-state index is 10.7. The minimum absolute atomic E-state index is 0.197. The van der Waals surface area contributed by atoms with Gasteiger partial charge in [-0.15, -0.1) is 0 Å². The molecule has 3 rings (SSSR count). The summed E-state index contributed by atoms with van der Waals surface area (Å²) in [6.45, 7) is 0.922. The van der Waals surface area contributed by atoms with Gasteiger partial charge in [-0.1, -0.05) is 48.6 Å². The van der Waals surface area contributed by atoms with Gasteiger partial charge in [0.05, 0.1) is 0 Å². The highest BCUT2D eigenvalue weighted by Gasteiger charge is 2.24. The molecule has 2 aromatic carbocycles. The standard InChI is InChI=1S/C19H21NO3/c1-20(2)12-15-9-11-17-19(23-13-22-17)18(15)16(21)10-8-14-6-4-3-5-7-14/h3-11,16,21H,12-13H2,1-2H3/b10-8+. The number of fused-ring (bicyclic) bond motifs is 1. The van der Waals surface area contributed by atoms with Gasteiger partial charge in [-0.2, -0.15) is 0 Å². The highest BCUT2D eigenvalue weighted by molar-refractivity contribution is 5.56. The van der Waals surface area contributed by atoms with E-state index in [1.807, 2.05) is 62.6 Å². The monoisotopic (exact) mass is 311 g/mol. The molecule has 1 aliphatic rings. The highest BCUT2D eigenvalue weighted by Crippen LogP contribution is 2.41. The fourth-order valence-corrected chi connectivity index (χ4v) is 2.70. The van der Waals surface area contributed by atoms with Crippen LogP contribution in [0.4, 0.5) is 0 Å². The summed E-state index contributed by atoms with van der Waals surface area (Å²) in [4.78, 5) is 2.06. The summed E-state index contributed by atoms with van der Waals surface area (Å²) in [6.07, 6.45) is 2.95. The molecule has 0 aromatic heterocycles. The largest absolute Gasteiger partial charge is 0.454 e. The van der Waals surface area contributed by atoms with Gasteiger partial charge in [-0.05, 0) is 31.3 Å². The molecule has 0 aliphatic carbocycles. The Morgan fingerprint density at radius 3 is 2.65 bits per heavy atom. The van der Waals surface area contributed by atoms with Crippen LogP contribution in [0.1, 0.15) is 22.8 Å². The smallest absolute Gasteiger partial charge is 0.231 e. The van der Waals surface area contributed by atoms with Gasteiger partial charge in [0, 0.05) is 12.1 Å². The van der Waals surface area contributed by atoms with Crippen LogP contribution in [-0.2, 0) is 6.54 Å². The molecule has 0 spiro atoms. The van der Waals surface area contributed by atoms with E-state index in [1.54, 1.807) is 6.08 Å². The summed E-state index contributed by atoms with van der Waals surface area (Å²) in [5, 5.41) is 10.7. The van der Waals surface area contributed by atoms with Crippen molar-refractivity contribution in [1.82, 2.24) is 4.90 Å². The van der Waals surface area contributed by atoms with E-state index in [9.17, 15) is 5.11 Å². The van der Waals surface area contributed by atoms with Gasteiger partial charge in [-0.25, -0.2) is 0 Å². The van der Waals surface area contributed by atoms with Gasteiger partial charge in [0.15, 0.2) is 11.5 Å². The van der Waals surface area contributed by atoms with Gasteiger partial charge in [0.1, 0.15) is 6.10 Å². The second kappa shape index (κ2) is 6.86. The molecule has 1 aliphatic heterocycles. The van der Waals surface area contributed by atoms with Crippen LogP contribution in [0.2, 0.25) is 0 Å². The molecule has 0 radical (unpaired) electrons. The Hall–Kier alpha value is -2.30. The molecule has 1 unspecified atom stereocenters. The van der Waals surface area contributed by atoms with E-state index < -0.39 is 6.10 Å². The molecule has 0 amide bonds. The Morgan fingerprint density at radius 2 is 1.91 bits per heavy atom. The molecule has 0 fully saturated rings. The van der Waals surface area contributed by atoms with Gasteiger partial charge in [0.2, 0.25) is 6.79 Å². The fourth-order valence-electron chi connectivity index (χ4n) is 2.70. The lowest BCUT2D eigenvalue weighted by molar-refractivity contribution is 0.168. The Bertz CT molecular complexity index is 695. The van der Waals surface area contributed by atoms with Gasteiger partial charge >= 0.3 is 0 Å². The summed E-state index contributed by atoms with van der Waals surface area (Å²) >= 11 is 0. The third kappa shape index (κ3) is 3.55. The van der Waals surface area contributed by atoms with Crippen LogP contribution in [0, 0.1) is 0 Å². The molecule has 23 heavy (non-hydrogen) atoms. The Morgan fingerprint density at radius 1 is 1.13 bits per heavy atom. The average Bonchev–Trinajstić information content (AvgIpc) is 3.01. The number of aliphatic hydroxyl groups is 1. The summed E-state index contributed by atoms with van der Waals surface area (Å²) in [6, 6.07) is 13.8. The predicted molar refractivity (Wildman–Crippen MR) is 90.4 cm³/mol. The number of ether oxygens (including phenoxy) is 2. The Labute approximate surface area is 136 Å².